The molecule has 0 bridgehead atoms. The van der Waals surface area contributed by atoms with Gasteiger partial charge in [-0.25, -0.2) is 4.83 Å². The number of sulfonamides is 1. The van der Waals surface area contributed by atoms with E-state index in [1.54, 1.807) is 24.3 Å². The number of nitrogens with one attached hydrogen (secondary N) is 1. The molecule has 3 aromatic carbocycles. The van der Waals surface area contributed by atoms with Crippen molar-refractivity contribution in [2.75, 3.05) is 0 Å². The van der Waals surface area contributed by atoms with E-state index in [-0.39, 0.29) is 4.90 Å². The molecule has 3 rings (SSSR count). The fourth-order valence-corrected chi connectivity index (χ4v) is 3.18. The van der Waals surface area contributed by atoms with Gasteiger partial charge in [0.2, 0.25) is 0 Å². The fourth-order valence-electron chi connectivity index (χ4n) is 2.39. The molecule has 0 unspecified atom stereocenters. The van der Waals surface area contributed by atoms with Crippen LogP contribution in [0.1, 0.15) is 22.3 Å². The van der Waals surface area contributed by atoms with Gasteiger partial charge in [-0.1, -0.05) is 84.4 Å². The summed E-state index contributed by atoms with van der Waals surface area (Å²) in [4.78, 5) is 2.42. The molecular formula is C22H20N2O2S. The zero-order valence-electron chi connectivity index (χ0n) is 14.9. The maximum Gasteiger partial charge on any atom is 0.276 e. The molecule has 0 spiro atoms. The molecule has 0 amide bonds. The molecule has 0 aliphatic heterocycles. The van der Waals surface area contributed by atoms with E-state index in [2.05, 4.69) is 9.93 Å². The van der Waals surface area contributed by atoms with E-state index < -0.39 is 10.0 Å². The van der Waals surface area contributed by atoms with E-state index in [4.69, 9.17) is 0 Å². The first-order valence-corrected chi connectivity index (χ1v) is 9.96. The lowest BCUT2D eigenvalue weighted by Crippen LogP contribution is -2.18. The molecule has 5 heteroatoms. The zero-order chi connectivity index (χ0) is 19.1. The number of hydrogen-bond acceptors (Lipinski definition) is 3. The van der Waals surface area contributed by atoms with Gasteiger partial charge in [-0.05, 0) is 35.7 Å². The summed E-state index contributed by atoms with van der Waals surface area (Å²) in [6.45, 7) is 1.90. The van der Waals surface area contributed by atoms with Crippen molar-refractivity contribution < 1.29 is 8.42 Å². The molecule has 0 aliphatic rings. The molecule has 4 nitrogen and oxygen atoms in total. The lowest BCUT2D eigenvalue weighted by Gasteiger charge is -2.03. The van der Waals surface area contributed by atoms with Crippen LogP contribution >= 0.6 is 0 Å². The van der Waals surface area contributed by atoms with E-state index in [0.29, 0.717) is 0 Å². The average Bonchev–Trinajstić information content (AvgIpc) is 2.68. The van der Waals surface area contributed by atoms with Gasteiger partial charge in [0.1, 0.15) is 0 Å². The van der Waals surface area contributed by atoms with Gasteiger partial charge in [-0.2, -0.15) is 13.5 Å². The predicted octanol–water partition coefficient (Wildman–Crippen LogP) is 4.48. The summed E-state index contributed by atoms with van der Waals surface area (Å²) in [7, 11) is -3.65. The number of rotatable bonds is 6. The summed E-state index contributed by atoms with van der Waals surface area (Å²) in [5.74, 6) is 0. The molecule has 0 fully saturated rings. The number of hydrazone groups is 1. The van der Waals surface area contributed by atoms with Crippen molar-refractivity contribution in [3.63, 3.8) is 0 Å². The van der Waals surface area contributed by atoms with Crippen molar-refractivity contribution in [1.29, 1.82) is 0 Å². The first-order valence-electron chi connectivity index (χ1n) is 8.48. The van der Waals surface area contributed by atoms with Crippen molar-refractivity contribution in [3.05, 3.63) is 101 Å². The highest BCUT2D eigenvalue weighted by Gasteiger charge is 2.11. The molecule has 0 radical (unpaired) electrons. The minimum absolute atomic E-state index is 0.187. The van der Waals surface area contributed by atoms with Crippen LogP contribution in [0.15, 0.2) is 88.9 Å². The maximum absolute atomic E-state index is 12.2. The SMILES string of the molecule is Cc1ccc(S(=O)(=O)N/N=C/c2ccc(/C=C/c3ccccc3)cc2)cc1. The van der Waals surface area contributed by atoms with Crippen molar-refractivity contribution >= 4 is 28.4 Å². The normalized spacial score (nSPS) is 11.9. The highest BCUT2D eigenvalue weighted by molar-refractivity contribution is 7.89. The van der Waals surface area contributed by atoms with Gasteiger partial charge in [-0.3, -0.25) is 0 Å². The first kappa shape index (κ1) is 18.6. The average molecular weight is 376 g/mol. The standard InChI is InChI=1S/C22H20N2O2S/c1-18-7-15-22(16-8-18)27(25,26)24-23-17-21-13-11-20(12-14-21)10-9-19-5-3-2-4-6-19/h2-17,24H,1H3/b10-9+,23-17+. The molecule has 27 heavy (non-hydrogen) atoms. The Morgan fingerprint density at radius 2 is 1.30 bits per heavy atom. The van der Waals surface area contributed by atoms with E-state index in [1.807, 2.05) is 73.7 Å². The van der Waals surface area contributed by atoms with Gasteiger partial charge in [0.05, 0.1) is 11.1 Å². The summed E-state index contributed by atoms with van der Waals surface area (Å²) in [6.07, 6.45) is 5.55. The molecule has 0 saturated carbocycles. The van der Waals surface area contributed by atoms with E-state index in [1.165, 1.54) is 6.21 Å². The van der Waals surface area contributed by atoms with E-state index in [0.717, 1.165) is 22.3 Å². The quantitative estimate of drug-likeness (QED) is 0.392. The van der Waals surface area contributed by atoms with Crippen LogP contribution in [-0.2, 0) is 10.0 Å². The van der Waals surface area contributed by atoms with E-state index in [9.17, 15) is 8.42 Å². The second kappa shape index (κ2) is 8.47. The van der Waals surface area contributed by atoms with Crippen LogP contribution in [0.2, 0.25) is 0 Å². The first-order chi connectivity index (χ1) is 13.0. The topological polar surface area (TPSA) is 58.5 Å². The van der Waals surface area contributed by atoms with Crippen molar-refractivity contribution in [3.8, 4) is 0 Å². The number of aryl methyl sites for hydroxylation is 1. The molecule has 3 aromatic rings. The van der Waals surface area contributed by atoms with E-state index >= 15 is 0 Å². The minimum Gasteiger partial charge on any atom is -0.200 e. The Hall–Kier alpha value is -3.18. The monoisotopic (exact) mass is 376 g/mol. The van der Waals surface area contributed by atoms with Crippen LogP contribution < -0.4 is 4.83 Å². The van der Waals surface area contributed by atoms with Crippen LogP contribution in [0.3, 0.4) is 0 Å². The number of benzene rings is 3. The van der Waals surface area contributed by atoms with Crippen molar-refractivity contribution in [2.45, 2.75) is 11.8 Å². The third-order valence-corrected chi connectivity index (χ3v) is 5.16. The van der Waals surface area contributed by atoms with Crippen molar-refractivity contribution in [2.24, 2.45) is 5.10 Å². The van der Waals surface area contributed by atoms with Crippen LogP contribution in [0.5, 0.6) is 0 Å². The van der Waals surface area contributed by atoms with Crippen LogP contribution in [0.25, 0.3) is 12.2 Å². The molecule has 1 N–H and O–H groups in total. The zero-order valence-corrected chi connectivity index (χ0v) is 15.7. The largest absolute Gasteiger partial charge is 0.276 e. The smallest absolute Gasteiger partial charge is 0.200 e. The third-order valence-electron chi connectivity index (χ3n) is 3.92. The minimum atomic E-state index is -3.65. The maximum atomic E-state index is 12.2. The second-order valence-electron chi connectivity index (χ2n) is 6.08. The lowest BCUT2D eigenvalue weighted by atomic mass is 10.1. The Morgan fingerprint density at radius 3 is 1.93 bits per heavy atom. The summed E-state index contributed by atoms with van der Waals surface area (Å²) < 4.78 is 24.3. The Labute approximate surface area is 159 Å². The van der Waals surface area contributed by atoms with Gasteiger partial charge in [0, 0.05) is 0 Å². The Morgan fingerprint density at radius 1 is 0.741 bits per heavy atom. The summed E-state index contributed by atoms with van der Waals surface area (Å²) in [5.41, 5.74) is 3.99. The number of hydrogen-bond donors (Lipinski definition) is 1. The predicted molar refractivity (Wildman–Crippen MR) is 111 cm³/mol. The molecule has 0 atom stereocenters. The fraction of sp³-hybridized carbons (Fsp3) is 0.0455. The molecular weight excluding hydrogens is 356 g/mol. The Kier molecular flexibility index (Phi) is 5.84. The van der Waals surface area contributed by atoms with Crippen LogP contribution in [0, 0.1) is 6.92 Å². The lowest BCUT2D eigenvalue weighted by molar-refractivity contribution is 0.584. The third kappa shape index (κ3) is 5.39. The molecule has 0 saturated heterocycles. The number of nitrogens with zero attached hydrogens (tertiary/aromatic N) is 1. The van der Waals surface area contributed by atoms with Gasteiger partial charge in [-0.15, -0.1) is 0 Å². The van der Waals surface area contributed by atoms with Gasteiger partial charge in [0.25, 0.3) is 10.0 Å². The molecule has 0 aliphatic carbocycles. The van der Waals surface area contributed by atoms with Crippen molar-refractivity contribution in [1.82, 2.24) is 4.83 Å². The Bertz CT molecular complexity index is 1040. The van der Waals surface area contributed by atoms with Gasteiger partial charge in [0.15, 0.2) is 0 Å². The Balaban J connectivity index is 1.62. The molecule has 136 valence electrons. The second-order valence-corrected chi connectivity index (χ2v) is 7.74. The molecule has 0 heterocycles. The van der Waals surface area contributed by atoms with Gasteiger partial charge >= 0.3 is 0 Å². The van der Waals surface area contributed by atoms with Crippen LogP contribution in [0.4, 0.5) is 0 Å². The summed E-state index contributed by atoms with van der Waals surface area (Å²) in [5, 5.41) is 3.85. The summed E-state index contributed by atoms with van der Waals surface area (Å²) in [6, 6.07) is 24.3. The highest BCUT2D eigenvalue weighted by Crippen LogP contribution is 2.11. The van der Waals surface area contributed by atoms with Crippen LogP contribution in [-0.4, -0.2) is 14.6 Å². The highest BCUT2D eigenvalue weighted by atomic mass is 32.2. The van der Waals surface area contributed by atoms with Gasteiger partial charge < -0.3 is 0 Å². The summed E-state index contributed by atoms with van der Waals surface area (Å²) >= 11 is 0. The molecule has 0 aromatic heterocycles.